The summed E-state index contributed by atoms with van der Waals surface area (Å²) in [4.78, 5) is 117. The normalized spacial score (nSPS) is 22.3. The van der Waals surface area contributed by atoms with Crippen molar-refractivity contribution >= 4 is 79.4 Å². The summed E-state index contributed by atoms with van der Waals surface area (Å²) in [5.41, 5.74) is 8.41. The summed E-state index contributed by atoms with van der Waals surface area (Å²) in [5, 5.41) is 57.2. The highest BCUT2D eigenvalue weighted by molar-refractivity contribution is 8.76. The van der Waals surface area contributed by atoms with E-state index >= 15 is 0 Å². The molecule has 0 bridgehead atoms. The first kappa shape index (κ1) is 60.8. The molecule has 1 fully saturated rings. The molecular formula is C55H73N7O12S2. The lowest BCUT2D eigenvalue weighted by Crippen LogP contribution is -2.59. The second-order valence-corrected chi connectivity index (χ2v) is 22.4. The molecule has 2 heterocycles. The van der Waals surface area contributed by atoms with Crippen molar-refractivity contribution < 1.29 is 58.8 Å². The standard InChI is InChI=1S/C55H73N7O12S2/c1-31(2)57-43(28-40-24-36-14-8-9-16-42(36)58-40)46(66)27-39-29-75-76-30-45(47(67)25-37(55(73)74)15-10-11-21-56)60-53(71)44(23-35-17-19-41(65)20-18-35)59-54(72)50(33(4)64)62-51(69)38(22-34-12-6-5-7-13-34)26-48(68)49(32(3)63)61-52(39)70/h5-9,12-14,16-20,24,31-33,37-39,43-45,49-50,57-58,63-65H,10-11,15,21-23,25-30,56H2,1-4H3,(H,59,72)(H,60,71)(H,61,70)(H,62,69)(H,73,74). The number of phenolic OH excluding ortho intramolecular Hbond substituents is 1. The molecule has 76 heavy (non-hydrogen) atoms. The first-order chi connectivity index (χ1) is 36.2. The molecular weight excluding hydrogens is 1010 g/mol. The lowest BCUT2D eigenvalue weighted by Gasteiger charge is -2.29. The number of Topliss-reactive ketones (excluding diaryl/α,β-unsaturated/α-hetero) is 3. The third kappa shape index (κ3) is 18.9. The van der Waals surface area contributed by atoms with Gasteiger partial charge in [0.05, 0.1) is 36.1 Å². The Morgan fingerprint density at radius 3 is 2.00 bits per heavy atom. The van der Waals surface area contributed by atoms with E-state index in [4.69, 9.17) is 5.73 Å². The average molecular weight is 1090 g/mol. The highest BCUT2D eigenvalue weighted by atomic mass is 33.1. The first-order valence-corrected chi connectivity index (χ1v) is 28.2. The van der Waals surface area contributed by atoms with Crippen LogP contribution < -0.4 is 32.3 Å². The molecule has 0 radical (unpaired) electrons. The number of para-hydroxylation sites is 1. The number of aromatic nitrogens is 1. The fraction of sp³-hybridized carbons (Fsp3) is 0.491. The number of ketones is 3. The molecule has 19 nitrogen and oxygen atoms in total. The van der Waals surface area contributed by atoms with Crippen LogP contribution in [0.2, 0.25) is 0 Å². The predicted molar refractivity (Wildman–Crippen MR) is 292 cm³/mol. The van der Waals surface area contributed by atoms with E-state index < -0.39 is 114 Å². The van der Waals surface area contributed by atoms with Crippen LogP contribution in [0.3, 0.4) is 0 Å². The summed E-state index contributed by atoms with van der Waals surface area (Å²) in [6.07, 6.45) is -3.31. The number of nitrogens with one attached hydrogen (secondary N) is 6. The smallest absolute Gasteiger partial charge is 0.306 e. The Kier molecular flexibility index (Phi) is 24.0. The monoisotopic (exact) mass is 1090 g/mol. The van der Waals surface area contributed by atoms with Crippen LogP contribution in [0.1, 0.15) is 83.0 Å². The zero-order valence-corrected chi connectivity index (χ0v) is 45.0. The topological polar surface area (TPSA) is 319 Å². The van der Waals surface area contributed by atoms with Crippen molar-refractivity contribution in [2.45, 2.75) is 134 Å². The van der Waals surface area contributed by atoms with E-state index in [1.54, 1.807) is 30.3 Å². The number of benzene rings is 3. The van der Waals surface area contributed by atoms with E-state index in [1.807, 2.05) is 44.2 Å². The van der Waals surface area contributed by atoms with E-state index in [1.165, 1.54) is 38.1 Å². The van der Waals surface area contributed by atoms with Gasteiger partial charge in [0.25, 0.3) is 0 Å². The molecule has 10 atom stereocenters. The van der Waals surface area contributed by atoms with Gasteiger partial charge in [-0.05, 0) is 80.4 Å². The molecule has 12 N–H and O–H groups in total. The molecule has 412 valence electrons. The molecule has 21 heteroatoms. The Hall–Kier alpha value is -6.10. The number of carboxylic acids is 1. The molecule has 0 aliphatic carbocycles. The van der Waals surface area contributed by atoms with Gasteiger partial charge in [-0.3, -0.25) is 38.4 Å². The van der Waals surface area contributed by atoms with Crippen LogP contribution >= 0.6 is 21.6 Å². The molecule has 10 unspecified atom stereocenters. The van der Waals surface area contributed by atoms with Gasteiger partial charge >= 0.3 is 5.97 Å². The third-order valence-electron chi connectivity index (χ3n) is 13.2. The third-order valence-corrected chi connectivity index (χ3v) is 15.7. The number of amides is 4. The SMILES string of the molecule is CC(C)NC(Cc1cc2ccccc2[nH]1)C(=O)CC1CSSCC(C(=O)CC(CCCCN)C(=O)O)NC(=O)C(Cc2ccc(O)cc2)NC(=O)C(C(C)O)NC(=O)C(Cc2ccccc2)CC(=O)C(C(C)O)NC1=O. The van der Waals surface area contributed by atoms with Gasteiger partial charge in [-0.25, -0.2) is 0 Å². The summed E-state index contributed by atoms with van der Waals surface area (Å²) in [5.74, 6) is -10.2. The highest BCUT2D eigenvalue weighted by Gasteiger charge is 2.38. The number of phenols is 1. The molecule has 3 aromatic carbocycles. The van der Waals surface area contributed by atoms with Gasteiger partial charge in [-0.1, -0.05) is 103 Å². The minimum absolute atomic E-state index is 0.0459. The first-order valence-electron chi connectivity index (χ1n) is 25.7. The number of rotatable bonds is 21. The van der Waals surface area contributed by atoms with Crippen LogP contribution in [0.15, 0.2) is 84.9 Å². The number of carbonyl (C=O) groups is 8. The van der Waals surface area contributed by atoms with E-state index in [-0.39, 0.29) is 61.2 Å². The van der Waals surface area contributed by atoms with E-state index in [2.05, 4.69) is 31.6 Å². The van der Waals surface area contributed by atoms with Crippen LogP contribution in [-0.2, 0) is 57.6 Å². The summed E-state index contributed by atoms with van der Waals surface area (Å²) in [6, 6.07) is 17.1. The number of nitrogens with two attached hydrogens (primary N) is 1. The predicted octanol–water partition coefficient (Wildman–Crippen LogP) is 3.30. The maximum atomic E-state index is 14.6. The van der Waals surface area contributed by atoms with Crippen LogP contribution in [-0.4, -0.2) is 139 Å². The number of fused-ring (bicyclic) bond motifs is 1. The molecule has 1 saturated heterocycles. The molecule has 0 spiro atoms. The fourth-order valence-corrected chi connectivity index (χ4v) is 11.5. The molecule has 1 aliphatic heterocycles. The summed E-state index contributed by atoms with van der Waals surface area (Å²) < 4.78 is 0. The number of aliphatic hydroxyl groups is 2. The molecule has 5 rings (SSSR count). The van der Waals surface area contributed by atoms with Crippen LogP contribution in [0.25, 0.3) is 10.9 Å². The largest absolute Gasteiger partial charge is 0.508 e. The van der Waals surface area contributed by atoms with Gasteiger partial charge in [0.2, 0.25) is 23.6 Å². The fourth-order valence-electron chi connectivity index (χ4n) is 8.99. The van der Waals surface area contributed by atoms with Gasteiger partial charge in [-0.15, -0.1) is 0 Å². The van der Waals surface area contributed by atoms with Crippen molar-refractivity contribution in [1.82, 2.24) is 31.6 Å². The Bertz CT molecular complexity index is 2560. The molecule has 1 aliphatic rings. The number of H-pyrrole nitrogens is 1. The highest BCUT2D eigenvalue weighted by Crippen LogP contribution is 2.29. The Balaban J connectivity index is 1.55. The summed E-state index contributed by atoms with van der Waals surface area (Å²) in [7, 11) is 2.17. The molecule has 1 aromatic heterocycles. The average Bonchev–Trinajstić information content (AvgIpc) is 3.79. The quantitative estimate of drug-likeness (QED) is 0.0421. The van der Waals surface area contributed by atoms with E-state index in [0.29, 0.717) is 30.5 Å². The lowest BCUT2D eigenvalue weighted by molar-refractivity contribution is -0.144. The second kappa shape index (κ2) is 30.0. The van der Waals surface area contributed by atoms with Gasteiger partial charge in [0, 0.05) is 66.8 Å². The number of unbranched alkanes of at least 4 members (excludes halogenated alkanes) is 1. The van der Waals surface area contributed by atoms with Crippen molar-refractivity contribution in [2.75, 3.05) is 18.1 Å². The Morgan fingerprint density at radius 1 is 0.724 bits per heavy atom. The molecule has 4 aromatic rings. The zero-order valence-electron chi connectivity index (χ0n) is 43.4. The van der Waals surface area contributed by atoms with Crippen molar-refractivity contribution in [3.63, 3.8) is 0 Å². The summed E-state index contributed by atoms with van der Waals surface area (Å²) >= 11 is 0. The maximum absolute atomic E-state index is 14.6. The van der Waals surface area contributed by atoms with Gasteiger partial charge < -0.3 is 57.7 Å². The van der Waals surface area contributed by atoms with Crippen molar-refractivity contribution in [3.05, 3.63) is 102 Å². The van der Waals surface area contributed by atoms with Crippen molar-refractivity contribution in [3.8, 4) is 5.75 Å². The Labute approximate surface area is 450 Å². The molecule has 4 amide bonds. The van der Waals surface area contributed by atoms with Crippen LogP contribution in [0.4, 0.5) is 0 Å². The van der Waals surface area contributed by atoms with Gasteiger partial charge in [-0.2, -0.15) is 0 Å². The zero-order chi connectivity index (χ0) is 55.5. The number of aliphatic carboxylic acids is 1. The number of aliphatic hydroxyl groups excluding tert-OH is 2. The Morgan fingerprint density at radius 2 is 1.36 bits per heavy atom. The van der Waals surface area contributed by atoms with Crippen molar-refractivity contribution in [1.29, 1.82) is 0 Å². The van der Waals surface area contributed by atoms with Crippen molar-refractivity contribution in [2.24, 2.45) is 23.5 Å². The van der Waals surface area contributed by atoms with E-state index in [9.17, 15) is 58.8 Å². The number of carbonyl (C=O) groups excluding carboxylic acids is 7. The number of aromatic hydroxyl groups is 1. The summed E-state index contributed by atoms with van der Waals surface area (Å²) in [6.45, 7) is 6.64. The second-order valence-electron chi connectivity index (χ2n) is 19.9. The minimum atomic E-state index is -1.70. The number of hydrogen-bond donors (Lipinski definition) is 11. The molecule has 0 saturated carbocycles. The van der Waals surface area contributed by atoms with Gasteiger partial charge in [0.15, 0.2) is 17.3 Å². The lowest BCUT2D eigenvalue weighted by atomic mass is 9.89. The maximum Gasteiger partial charge on any atom is 0.306 e. The number of hydrogen-bond acceptors (Lipinski definition) is 15. The van der Waals surface area contributed by atoms with Gasteiger partial charge in [0.1, 0.15) is 23.9 Å². The van der Waals surface area contributed by atoms with Crippen LogP contribution in [0, 0.1) is 17.8 Å². The number of aromatic amines is 1. The number of carboxylic acid groups (broad SMARTS) is 1. The van der Waals surface area contributed by atoms with Crippen LogP contribution in [0.5, 0.6) is 5.75 Å². The van der Waals surface area contributed by atoms with E-state index in [0.717, 1.165) is 38.2 Å². The minimum Gasteiger partial charge on any atom is -0.508 e.